The molecule has 4 aromatic rings. The summed E-state index contributed by atoms with van der Waals surface area (Å²) in [4.78, 5) is 0. The Kier molecular flexibility index (Phi) is 12.8. The lowest BCUT2D eigenvalue weighted by atomic mass is 9.85. The number of rotatable bonds is 17. The zero-order valence-electron chi connectivity index (χ0n) is 26.9. The molecule has 43 heavy (non-hydrogen) atoms. The fourth-order valence-corrected chi connectivity index (χ4v) is 6.71. The normalized spacial score (nSPS) is 13.5. The molecule has 0 bridgehead atoms. The van der Waals surface area contributed by atoms with Crippen LogP contribution in [0.1, 0.15) is 124 Å². The molecule has 0 amide bonds. The van der Waals surface area contributed by atoms with Crippen molar-refractivity contribution in [2.24, 2.45) is 5.92 Å². The van der Waals surface area contributed by atoms with Crippen molar-refractivity contribution in [3.05, 3.63) is 130 Å². The van der Waals surface area contributed by atoms with Crippen LogP contribution < -0.4 is 11.5 Å². The standard InChI is InChI=1S/C41H54N2/c1-4-7-8-9-10-11-12-33(29-31-13-17-34(18-14-31)40(5-2)36-21-25-38(42)26-22-36)30-32-15-19-35(20-16-32)41(6-3)37-23-27-39(43)28-24-37/h13-28,33,40-41H,4-12,29-30,42-43H2,1-3H3. The van der Waals surface area contributed by atoms with Crippen molar-refractivity contribution in [2.45, 2.75) is 103 Å². The molecule has 2 nitrogen and oxygen atoms in total. The number of hydrogen-bond donors (Lipinski definition) is 2. The van der Waals surface area contributed by atoms with E-state index in [-0.39, 0.29) is 0 Å². The molecule has 0 aliphatic carbocycles. The quantitative estimate of drug-likeness (QED) is 0.0973. The maximum atomic E-state index is 5.94. The summed E-state index contributed by atoms with van der Waals surface area (Å²) in [6, 6.07) is 35.8. The molecule has 228 valence electrons. The molecule has 4 aromatic carbocycles. The number of unbranched alkanes of at least 4 members (excludes halogenated alkanes) is 5. The van der Waals surface area contributed by atoms with Gasteiger partial charge in [-0.3, -0.25) is 0 Å². The summed E-state index contributed by atoms with van der Waals surface area (Å²) in [5.74, 6) is 1.47. The molecule has 0 fully saturated rings. The summed E-state index contributed by atoms with van der Waals surface area (Å²) in [7, 11) is 0. The van der Waals surface area contributed by atoms with Gasteiger partial charge < -0.3 is 11.5 Å². The zero-order valence-corrected chi connectivity index (χ0v) is 26.9. The lowest BCUT2D eigenvalue weighted by Crippen LogP contribution is -2.10. The van der Waals surface area contributed by atoms with Crippen molar-refractivity contribution in [3.8, 4) is 0 Å². The molecule has 0 spiro atoms. The minimum absolute atomic E-state index is 0.410. The van der Waals surface area contributed by atoms with Crippen LogP contribution in [0.2, 0.25) is 0 Å². The summed E-state index contributed by atoms with van der Waals surface area (Å²) in [6.07, 6.45) is 13.8. The first kappa shape index (κ1) is 32.4. The minimum Gasteiger partial charge on any atom is -0.399 e. The third-order valence-electron chi connectivity index (χ3n) is 9.27. The summed E-state index contributed by atoms with van der Waals surface area (Å²) >= 11 is 0. The average molecular weight is 575 g/mol. The van der Waals surface area contributed by atoms with Crippen molar-refractivity contribution in [2.75, 3.05) is 11.5 Å². The fourth-order valence-electron chi connectivity index (χ4n) is 6.71. The minimum atomic E-state index is 0.410. The van der Waals surface area contributed by atoms with Crippen LogP contribution in [0.25, 0.3) is 0 Å². The van der Waals surface area contributed by atoms with Crippen molar-refractivity contribution < 1.29 is 0 Å². The highest BCUT2D eigenvalue weighted by molar-refractivity contribution is 5.44. The Morgan fingerprint density at radius 3 is 1.16 bits per heavy atom. The maximum Gasteiger partial charge on any atom is 0.0314 e. The molecule has 2 unspecified atom stereocenters. The fraction of sp³-hybridized carbons (Fsp3) is 0.415. The van der Waals surface area contributed by atoms with Gasteiger partial charge in [-0.2, -0.15) is 0 Å². The number of nitrogens with two attached hydrogens (primary N) is 2. The molecule has 4 rings (SSSR count). The predicted octanol–water partition coefficient (Wildman–Crippen LogP) is 11.1. The van der Waals surface area contributed by atoms with Crippen LogP contribution in [-0.2, 0) is 12.8 Å². The second-order valence-corrected chi connectivity index (χ2v) is 12.6. The van der Waals surface area contributed by atoms with Gasteiger partial charge in [0.2, 0.25) is 0 Å². The van der Waals surface area contributed by atoms with Crippen molar-refractivity contribution in [1.82, 2.24) is 0 Å². The largest absolute Gasteiger partial charge is 0.399 e. The average Bonchev–Trinajstić information content (AvgIpc) is 3.03. The highest BCUT2D eigenvalue weighted by Crippen LogP contribution is 2.31. The van der Waals surface area contributed by atoms with Crippen LogP contribution >= 0.6 is 0 Å². The van der Waals surface area contributed by atoms with Gasteiger partial charge in [0.15, 0.2) is 0 Å². The van der Waals surface area contributed by atoms with Crippen molar-refractivity contribution in [3.63, 3.8) is 0 Å². The molecule has 2 atom stereocenters. The van der Waals surface area contributed by atoms with E-state index in [1.165, 1.54) is 78.3 Å². The van der Waals surface area contributed by atoms with E-state index in [1.54, 1.807) is 0 Å². The first-order chi connectivity index (χ1) is 21.0. The van der Waals surface area contributed by atoms with Gasteiger partial charge in [0.1, 0.15) is 0 Å². The Balaban J connectivity index is 1.44. The van der Waals surface area contributed by atoms with Gasteiger partial charge in [0.05, 0.1) is 0 Å². The summed E-state index contributed by atoms with van der Waals surface area (Å²) in [6.45, 7) is 6.84. The Bertz CT molecular complexity index is 1220. The van der Waals surface area contributed by atoms with E-state index in [0.717, 1.165) is 37.1 Å². The van der Waals surface area contributed by atoms with E-state index >= 15 is 0 Å². The van der Waals surface area contributed by atoms with Gasteiger partial charge in [-0.15, -0.1) is 0 Å². The van der Waals surface area contributed by atoms with Gasteiger partial charge in [0, 0.05) is 23.2 Å². The topological polar surface area (TPSA) is 52.0 Å². The van der Waals surface area contributed by atoms with Crippen molar-refractivity contribution >= 4 is 11.4 Å². The van der Waals surface area contributed by atoms with Crippen LogP contribution in [0, 0.1) is 5.92 Å². The third-order valence-corrected chi connectivity index (χ3v) is 9.27. The molecular weight excluding hydrogens is 520 g/mol. The van der Waals surface area contributed by atoms with Crippen LogP contribution in [0.15, 0.2) is 97.1 Å². The zero-order chi connectivity index (χ0) is 30.4. The molecule has 0 heterocycles. The van der Waals surface area contributed by atoms with Gasteiger partial charge >= 0.3 is 0 Å². The van der Waals surface area contributed by atoms with Gasteiger partial charge in [-0.1, -0.05) is 132 Å². The molecule has 0 saturated heterocycles. The second kappa shape index (κ2) is 16.9. The highest BCUT2D eigenvalue weighted by atomic mass is 14.5. The number of benzene rings is 4. The van der Waals surface area contributed by atoms with Crippen molar-refractivity contribution in [1.29, 1.82) is 0 Å². The van der Waals surface area contributed by atoms with E-state index in [0.29, 0.717) is 17.8 Å². The molecule has 0 aliphatic heterocycles. The Morgan fingerprint density at radius 2 is 0.791 bits per heavy atom. The molecule has 0 aliphatic rings. The van der Waals surface area contributed by atoms with Crippen LogP contribution in [0.4, 0.5) is 11.4 Å². The van der Waals surface area contributed by atoms with Gasteiger partial charge in [-0.25, -0.2) is 0 Å². The lowest BCUT2D eigenvalue weighted by molar-refractivity contribution is 0.445. The first-order valence-corrected chi connectivity index (χ1v) is 16.9. The Morgan fingerprint density at radius 1 is 0.442 bits per heavy atom. The SMILES string of the molecule is CCCCCCCCC(Cc1ccc(C(CC)c2ccc(N)cc2)cc1)Cc1ccc(C(CC)c2ccc(N)cc2)cc1. The van der Waals surface area contributed by atoms with E-state index in [2.05, 4.69) is 93.6 Å². The Labute approximate surface area is 261 Å². The summed E-state index contributed by atoms with van der Waals surface area (Å²) in [5.41, 5.74) is 21.9. The molecule has 4 N–H and O–H groups in total. The monoisotopic (exact) mass is 574 g/mol. The van der Waals surface area contributed by atoms with Crippen LogP contribution in [-0.4, -0.2) is 0 Å². The molecular formula is C41H54N2. The first-order valence-electron chi connectivity index (χ1n) is 16.9. The van der Waals surface area contributed by atoms with E-state index in [9.17, 15) is 0 Å². The molecule has 2 heteroatoms. The van der Waals surface area contributed by atoms with E-state index in [1.807, 2.05) is 24.3 Å². The summed E-state index contributed by atoms with van der Waals surface area (Å²) in [5, 5.41) is 0. The number of anilines is 2. The number of nitrogen functional groups attached to an aromatic ring is 2. The highest BCUT2D eigenvalue weighted by Gasteiger charge is 2.16. The van der Waals surface area contributed by atoms with Gasteiger partial charge in [0.25, 0.3) is 0 Å². The predicted molar refractivity (Wildman–Crippen MR) is 188 cm³/mol. The third kappa shape index (κ3) is 9.75. The number of hydrogen-bond acceptors (Lipinski definition) is 2. The smallest absolute Gasteiger partial charge is 0.0314 e. The van der Waals surface area contributed by atoms with E-state index < -0.39 is 0 Å². The van der Waals surface area contributed by atoms with E-state index in [4.69, 9.17) is 11.5 Å². The molecule has 0 aromatic heterocycles. The summed E-state index contributed by atoms with van der Waals surface area (Å²) < 4.78 is 0. The molecule has 0 saturated carbocycles. The second-order valence-electron chi connectivity index (χ2n) is 12.6. The van der Waals surface area contributed by atoms with Crippen LogP contribution in [0.3, 0.4) is 0 Å². The lowest BCUT2D eigenvalue weighted by Gasteiger charge is -2.20. The van der Waals surface area contributed by atoms with Gasteiger partial charge in [-0.05, 0) is 95.7 Å². The van der Waals surface area contributed by atoms with Crippen LogP contribution in [0.5, 0.6) is 0 Å². The maximum absolute atomic E-state index is 5.94. The molecule has 0 radical (unpaired) electrons. The Hall–Kier alpha value is -3.52.